The van der Waals surface area contributed by atoms with E-state index in [-0.39, 0.29) is 5.56 Å². The second kappa shape index (κ2) is 5.27. The fourth-order valence-corrected chi connectivity index (χ4v) is 3.44. The molecule has 0 saturated heterocycles. The highest BCUT2D eigenvalue weighted by atomic mass is 16.1. The van der Waals surface area contributed by atoms with Crippen LogP contribution in [0.25, 0.3) is 0 Å². The molecule has 1 fully saturated rings. The summed E-state index contributed by atoms with van der Waals surface area (Å²) in [4.78, 5) is 14.3. The van der Waals surface area contributed by atoms with Gasteiger partial charge in [0.05, 0.1) is 0 Å². The summed E-state index contributed by atoms with van der Waals surface area (Å²) in [6.07, 6.45) is 8.98. The summed E-state index contributed by atoms with van der Waals surface area (Å²) < 4.78 is 0. The quantitative estimate of drug-likeness (QED) is 0.861. The first-order valence-corrected chi connectivity index (χ1v) is 7.28. The zero-order valence-electron chi connectivity index (χ0n) is 10.9. The molecule has 3 nitrogen and oxygen atoms in total. The molecule has 2 aliphatic carbocycles. The van der Waals surface area contributed by atoms with E-state index in [1.165, 1.54) is 44.1 Å². The smallest absolute Gasteiger partial charge is 0.248 e. The number of aromatic nitrogens is 1. The van der Waals surface area contributed by atoms with Gasteiger partial charge in [-0.05, 0) is 50.1 Å². The summed E-state index contributed by atoms with van der Waals surface area (Å²) in [6, 6.07) is 4.12. The van der Waals surface area contributed by atoms with Crippen molar-refractivity contribution in [3.05, 3.63) is 33.7 Å². The van der Waals surface area contributed by atoms with Crippen LogP contribution in [-0.4, -0.2) is 11.5 Å². The average molecular weight is 246 g/mol. The standard InChI is InChI=1S/C15H22N2O/c18-15-9-8-12-13(6-3-7-14(12)17-15)16-10-11-4-1-2-5-11/h8-9,11,13,16H,1-7,10H2,(H,17,18). The minimum Gasteiger partial charge on any atom is -0.326 e. The Morgan fingerprint density at radius 3 is 2.83 bits per heavy atom. The van der Waals surface area contributed by atoms with E-state index < -0.39 is 0 Å². The van der Waals surface area contributed by atoms with Crippen molar-refractivity contribution in [1.29, 1.82) is 0 Å². The van der Waals surface area contributed by atoms with Gasteiger partial charge in [-0.2, -0.15) is 0 Å². The number of fused-ring (bicyclic) bond motifs is 1. The highest BCUT2D eigenvalue weighted by molar-refractivity contribution is 5.26. The maximum Gasteiger partial charge on any atom is 0.248 e. The predicted molar refractivity (Wildman–Crippen MR) is 72.7 cm³/mol. The van der Waals surface area contributed by atoms with E-state index in [1.807, 2.05) is 6.07 Å². The number of aromatic amines is 1. The second-order valence-corrected chi connectivity index (χ2v) is 5.76. The van der Waals surface area contributed by atoms with Crippen LogP contribution in [-0.2, 0) is 6.42 Å². The molecule has 1 atom stereocenters. The molecule has 1 unspecified atom stereocenters. The van der Waals surface area contributed by atoms with Gasteiger partial charge in [0.15, 0.2) is 0 Å². The summed E-state index contributed by atoms with van der Waals surface area (Å²) >= 11 is 0. The van der Waals surface area contributed by atoms with E-state index in [0.29, 0.717) is 6.04 Å². The number of nitrogens with one attached hydrogen (secondary N) is 2. The summed E-state index contributed by atoms with van der Waals surface area (Å²) in [5, 5.41) is 3.72. The third kappa shape index (κ3) is 2.51. The van der Waals surface area contributed by atoms with Crippen LogP contribution < -0.4 is 10.9 Å². The van der Waals surface area contributed by atoms with Crippen molar-refractivity contribution < 1.29 is 0 Å². The van der Waals surface area contributed by atoms with E-state index >= 15 is 0 Å². The third-order valence-corrected chi connectivity index (χ3v) is 4.46. The van der Waals surface area contributed by atoms with Crippen molar-refractivity contribution >= 4 is 0 Å². The minimum atomic E-state index is 0.0326. The first-order valence-electron chi connectivity index (χ1n) is 7.28. The fraction of sp³-hybridized carbons (Fsp3) is 0.667. The highest BCUT2D eigenvalue weighted by Gasteiger charge is 2.22. The summed E-state index contributed by atoms with van der Waals surface area (Å²) in [6.45, 7) is 1.14. The van der Waals surface area contributed by atoms with Crippen LogP contribution >= 0.6 is 0 Å². The van der Waals surface area contributed by atoms with Gasteiger partial charge in [-0.15, -0.1) is 0 Å². The molecule has 98 valence electrons. The van der Waals surface area contributed by atoms with Crippen LogP contribution in [0.2, 0.25) is 0 Å². The normalized spacial score (nSPS) is 24.1. The van der Waals surface area contributed by atoms with Crippen molar-refractivity contribution in [3.63, 3.8) is 0 Å². The summed E-state index contributed by atoms with van der Waals surface area (Å²) in [5.41, 5.74) is 2.50. The number of hydrogen-bond acceptors (Lipinski definition) is 2. The average Bonchev–Trinajstić information content (AvgIpc) is 2.89. The molecule has 0 aliphatic heterocycles. The Hall–Kier alpha value is -1.09. The van der Waals surface area contributed by atoms with Crippen molar-refractivity contribution in [2.45, 2.75) is 51.0 Å². The lowest BCUT2D eigenvalue weighted by molar-refractivity contribution is 0.401. The topological polar surface area (TPSA) is 44.9 Å². The Kier molecular flexibility index (Phi) is 3.50. The second-order valence-electron chi connectivity index (χ2n) is 5.76. The van der Waals surface area contributed by atoms with Crippen LogP contribution in [0.1, 0.15) is 55.8 Å². The first kappa shape index (κ1) is 12.0. The summed E-state index contributed by atoms with van der Waals surface area (Å²) in [5.74, 6) is 0.873. The van der Waals surface area contributed by atoms with E-state index in [4.69, 9.17) is 0 Å². The molecule has 0 bridgehead atoms. The van der Waals surface area contributed by atoms with Gasteiger partial charge >= 0.3 is 0 Å². The Morgan fingerprint density at radius 1 is 1.17 bits per heavy atom. The number of H-pyrrole nitrogens is 1. The molecule has 0 amide bonds. The number of aryl methyl sites for hydroxylation is 1. The molecular formula is C15H22N2O. The lowest BCUT2D eigenvalue weighted by Crippen LogP contribution is -2.30. The molecule has 1 saturated carbocycles. The molecule has 3 heteroatoms. The van der Waals surface area contributed by atoms with Gasteiger partial charge in [0.25, 0.3) is 0 Å². The highest BCUT2D eigenvalue weighted by Crippen LogP contribution is 2.29. The van der Waals surface area contributed by atoms with Crippen LogP contribution in [0.15, 0.2) is 16.9 Å². The van der Waals surface area contributed by atoms with Crippen LogP contribution in [0.4, 0.5) is 0 Å². The monoisotopic (exact) mass is 246 g/mol. The molecule has 2 N–H and O–H groups in total. The molecule has 0 radical (unpaired) electrons. The molecule has 0 aromatic carbocycles. The zero-order valence-corrected chi connectivity index (χ0v) is 10.9. The molecular weight excluding hydrogens is 224 g/mol. The minimum absolute atomic E-state index is 0.0326. The van der Waals surface area contributed by atoms with Crippen molar-refractivity contribution in [2.75, 3.05) is 6.54 Å². The van der Waals surface area contributed by atoms with Crippen LogP contribution in [0.3, 0.4) is 0 Å². The molecule has 1 heterocycles. The Bertz CT molecular complexity index is 460. The van der Waals surface area contributed by atoms with Gasteiger partial charge in [0.1, 0.15) is 0 Å². The summed E-state index contributed by atoms with van der Waals surface area (Å²) in [7, 11) is 0. The SMILES string of the molecule is O=c1ccc2c([nH]1)CCCC2NCC1CCCC1. The van der Waals surface area contributed by atoms with Gasteiger partial charge < -0.3 is 10.3 Å². The van der Waals surface area contributed by atoms with E-state index in [0.717, 1.165) is 24.6 Å². The predicted octanol–water partition coefficient (Wildman–Crippen LogP) is 2.53. The Morgan fingerprint density at radius 2 is 2.00 bits per heavy atom. The van der Waals surface area contributed by atoms with Gasteiger partial charge in [0.2, 0.25) is 5.56 Å². The van der Waals surface area contributed by atoms with Crippen molar-refractivity contribution in [2.24, 2.45) is 5.92 Å². The van der Waals surface area contributed by atoms with E-state index in [2.05, 4.69) is 10.3 Å². The van der Waals surface area contributed by atoms with Crippen molar-refractivity contribution in [1.82, 2.24) is 10.3 Å². The molecule has 3 rings (SSSR count). The van der Waals surface area contributed by atoms with Gasteiger partial charge in [-0.25, -0.2) is 0 Å². The Labute approximate surface area is 108 Å². The van der Waals surface area contributed by atoms with Gasteiger partial charge in [-0.1, -0.05) is 18.9 Å². The first-order chi connectivity index (χ1) is 8.83. The zero-order chi connectivity index (χ0) is 12.4. The maximum atomic E-state index is 11.3. The lowest BCUT2D eigenvalue weighted by Gasteiger charge is -2.27. The molecule has 2 aliphatic rings. The molecule has 18 heavy (non-hydrogen) atoms. The number of pyridine rings is 1. The molecule has 1 aromatic heterocycles. The van der Waals surface area contributed by atoms with Crippen LogP contribution in [0.5, 0.6) is 0 Å². The maximum absolute atomic E-state index is 11.3. The van der Waals surface area contributed by atoms with E-state index in [1.54, 1.807) is 6.07 Å². The van der Waals surface area contributed by atoms with Gasteiger partial charge in [0, 0.05) is 17.8 Å². The molecule has 1 aromatic rings. The molecule has 0 spiro atoms. The van der Waals surface area contributed by atoms with E-state index in [9.17, 15) is 4.79 Å². The largest absolute Gasteiger partial charge is 0.326 e. The lowest BCUT2D eigenvalue weighted by atomic mass is 9.91. The number of hydrogen-bond donors (Lipinski definition) is 2. The van der Waals surface area contributed by atoms with Crippen molar-refractivity contribution in [3.8, 4) is 0 Å². The third-order valence-electron chi connectivity index (χ3n) is 4.46. The van der Waals surface area contributed by atoms with Crippen LogP contribution in [0, 0.1) is 5.92 Å². The van der Waals surface area contributed by atoms with Gasteiger partial charge in [-0.3, -0.25) is 4.79 Å². The number of rotatable bonds is 3. The Balaban J connectivity index is 1.68. The fourth-order valence-electron chi connectivity index (χ4n) is 3.44.